The second kappa shape index (κ2) is 7.61. The van der Waals surface area contributed by atoms with Crippen molar-refractivity contribution in [3.05, 3.63) is 87.7 Å². The average molecular weight is 402 g/mol. The van der Waals surface area contributed by atoms with Crippen molar-refractivity contribution >= 4 is 21.8 Å². The maximum Gasteiger partial charge on any atom is 0.252 e. The Morgan fingerprint density at radius 2 is 2.04 bits per heavy atom. The Balaban J connectivity index is 1.66. The van der Waals surface area contributed by atoms with Gasteiger partial charge in [0.25, 0.3) is 5.91 Å². The lowest BCUT2D eigenvalue weighted by Gasteiger charge is -2.10. The second-order valence-corrected chi connectivity index (χ2v) is 6.58. The molecule has 0 unspecified atom stereocenters. The van der Waals surface area contributed by atoms with E-state index in [0.29, 0.717) is 16.6 Å². The van der Waals surface area contributed by atoms with E-state index in [1.807, 2.05) is 31.3 Å². The van der Waals surface area contributed by atoms with E-state index >= 15 is 0 Å². The molecule has 1 N–H and O–H groups in total. The maximum absolute atomic E-state index is 13.1. The van der Waals surface area contributed by atoms with E-state index < -0.39 is 0 Å². The normalized spacial score (nSPS) is 10.7. The fourth-order valence-corrected chi connectivity index (χ4v) is 3.09. The molecular weight excluding hydrogens is 385 g/mol. The minimum absolute atomic E-state index is 0.247. The van der Waals surface area contributed by atoms with Crippen molar-refractivity contribution in [1.82, 2.24) is 14.9 Å². The number of carbonyl (C=O) groups excluding carboxylic acids is 1. The van der Waals surface area contributed by atoms with Gasteiger partial charge in [-0.3, -0.25) is 4.79 Å². The Bertz CT molecular complexity index is 907. The summed E-state index contributed by atoms with van der Waals surface area (Å²) in [5, 5.41) is 2.86. The summed E-state index contributed by atoms with van der Waals surface area (Å²) < 4.78 is 15.6. The molecule has 1 amide bonds. The van der Waals surface area contributed by atoms with E-state index in [9.17, 15) is 9.18 Å². The number of carbonyl (C=O) groups is 1. The molecule has 0 bridgehead atoms. The van der Waals surface area contributed by atoms with Crippen LogP contribution in [0.3, 0.4) is 0 Å². The fraction of sp³-hybridized carbons (Fsp3) is 0.158. The molecule has 1 heterocycles. The molecule has 0 aliphatic rings. The monoisotopic (exact) mass is 401 g/mol. The van der Waals surface area contributed by atoms with Gasteiger partial charge in [0.15, 0.2) is 0 Å². The number of hydrogen-bond donors (Lipinski definition) is 1. The average Bonchev–Trinajstić information content (AvgIpc) is 2.98. The number of hydrogen-bond acceptors (Lipinski definition) is 2. The molecule has 3 rings (SSSR count). The number of amides is 1. The topological polar surface area (TPSA) is 46.9 Å². The number of halogens is 2. The van der Waals surface area contributed by atoms with Crippen LogP contribution in [0.1, 0.15) is 27.3 Å². The number of aryl methyl sites for hydroxylation is 1. The van der Waals surface area contributed by atoms with Crippen LogP contribution >= 0.6 is 15.9 Å². The van der Waals surface area contributed by atoms with Crippen molar-refractivity contribution in [3.63, 3.8) is 0 Å². The van der Waals surface area contributed by atoms with Gasteiger partial charge in [-0.15, -0.1) is 0 Å². The predicted octanol–water partition coefficient (Wildman–Crippen LogP) is 4.07. The number of rotatable bonds is 5. The van der Waals surface area contributed by atoms with Crippen LogP contribution in [0.4, 0.5) is 4.39 Å². The third-order valence-electron chi connectivity index (χ3n) is 3.90. The highest BCUT2D eigenvalue weighted by Gasteiger charge is 2.10. The molecule has 0 aliphatic heterocycles. The largest absolute Gasteiger partial charge is 0.348 e. The summed E-state index contributed by atoms with van der Waals surface area (Å²) in [5.41, 5.74) is 2.55. The van der Waals surface area contributed by atoms with Gasteiger partial charge in [-0.1, -0.05) is 24.3 Å². The molecule has 0 saturated carbocycles. The summed E-state index contributed by atoms with van der Waals surface area (Å²) in [7, 11) is 0. The molecule has 3 aromatic rings. The molecule has 0 fully saturated rings. The Kier molecular flexibility index (Phi) is 5.28. The van der Waals surface area contributed by atoms with Crippen LogP contribution in [-0.2, 0) is 13.1 Å². The lowest BCUT2D eigenvalue weighted by Crippen LogP contribution is -2.23. The highest BCUT2D eigenvalue weighted by Crippen LogP contribution is 2.18. The van der Waals surface area contributed by atoms with E-state index in [2.05, 4.69) is 36.9 Å². The number of imidazole rings is 1. The lowest BCUT2D eigenvalue weighted by atomic mass is 10.1. The number of benzene rings is 2. The van der Waals surface area contributed by atoms with Crippen LogP contribution < -0.4 is 5.32 Å². The summed E-state index contributed by atoms with van der Waals surface area (Å²) in [4.78, 5) is 16.5. The Morgan fingerprint density at radius 1 is 1.24 bits per heavy atom. The highest BCUT2D eigenvalue weighted by molar-refractivity contribution is 9.10. The first-order chi connectivity index (χ1) is 12.0. The molecule has 6 heteroatoms. The molecule has 4 nitrogen and oxygen atoms in total. The van der Waals surface area contributed by atoms with E-state index in [1.54, 1.807) is 6.20 Å². The van der Waals surface area contributed by atoms with Crippen LogP contribution in [0.25, 0.3) is 0 Å². The van der Waals surface area contributed by atoms with Crippen molar-refractivity contribution < 1.29 is 9.18 Å². The molecule has 0 atom stereocenters. The first kappa shape index (κ1) is 17.4. The summed E-state index contributed by atoms with van der Waals surface area (Å²) >= 11 is 3.22. The lowest BCUT2D eigenvalue weighted by molar-refractivity contribution is 0.0950. The minimum atomic E-state index is -0.383. The van der Waals surface area contributed by atoms with Gasteiger partial charge in [-0.25, -0.2) is 9.37 Å². The van der Waals surface area contributed by atoms with Gasteiger partial charge in [-0.2, -0.15) is 0 Å². The van der Waals surface area contributed by atoms with Gasteiger partial charge < -0.3 is 9.88 Å². The van der Waals surface area contributed by atoms with Crippen LogP contribution in [-0.4, -0.2) is 15.5 Å². The number of aromatic nitrogens is 2. The van der Waals surface area contributed by atoms with Crippen LogP contribution in [0.15, 0.2) is 59.3 Å². The van der Waals surface area contributed by atoms with Gasteiger partial charge in [0, 0.05) is 30.0 Å². The van der Waals surface area contributed by atoms with Crippen molar-refractivity contribution in [1.29, 1.82) is 0 Å². The maximum atomic E-state index is 13.1. The van der Waals surface area contributed by atoms with Gasteiger partial charge in [-0.05, 0) is 52.2 Å². The van der Waals surface area contributed by atoms with Crippen molar-refractivity contribution in [2.24, 2.45) is 0 Å². The molecule has 0 aliphatic carbocycles. The zero-order valence-electron chi connectivity index (χ0n) is 13.7. The second-order valence-electron chi connectivity index (χ2n) is 5.73. The Labute approximate surface area is 153 Å². The summed E-state index contributed by atoms with van der Waals surface area (Å²) in [6.45, 7) is 3.10. The summed E-state index contributed by atoms with van der Waals surface area (Å²) in [6, 6.07) is 12.0. The van der Waals surface area contributed by atoms with E-state index in [-0.39, 0.29) is 11.7 Å². The quantitative estimate of drug-likeness (QED) is 0.700. The van der Waals surface area contributed by atoms with Crippen molar-refractivity contribution in [3.8, 4) is 0 Å². The molecule has 0 saturated heterocycles. The molecule has 0 spiro atoms. The zero-order valence-corrected chi connectivity index (χ0v) is 15.3. The third-order valence-corrected chi connectivity index (χ3v) is 4.55. The van der Waals surface area contributed by atoms with Gasteiger partial charge in [0.1, 0.15) is 11.6 Å². The molecule has 0 radical (unpaired) electrons. The minimum Gasteiger partial charge on any atom is -0.348 e. The number of nitrogens with one attached hydrogen (secondary N) is 1. The van der Waals surface area contributed by atoms with Gasteiger partial charge in [0.05, 0.1) is 5.56 Å². The van der Waals surface area contributed by atoms with E-state index in [1.165, 1.54) is 18.2 Å². The van der Waals surface area contributed by atoms with E-state index in [0.717, 1.165) is 23.5 Å². The van der Waals surface area contributed by atoms with Crippen LogP contribution in [0.5, 0.6) is 0 Å². The van der Waals surface area contributed by atoms with Crippen molar-refractivity contribution in [2.45, 2.75) is 20.0 Å². The SMILES string of the molecule is Cc1nccn1Cc1cccc(CNC(=O)c2ccc(F)cc2Br)c1. The summed E-state index contributed by atoms with van der Waals surface area (Å²) in [6.07, 6.45) is 3.72. The Hall–Kier alpha value is -2.47. The Morgan fingerprint density at radius 3 is 2.76 bits per heavy atom. The zero-order chi connectivity index (χ0) is 17.8. The van der Waals surface area contributed by atoms with Crippen molar-refractivity contribution in [2.75, 3.05) is 0 Å². The van der Waals surface area contributed by atoms with Gasteiger partial charge >= 0.3 is 0 Å². The molecule has 2 aromatic carbocycles. The third kappa shape index (κ3) is 4.33. The highest BCUT2D eigenvalue weighted by atomic mass is 79.9. The molecule has 128 valence electrons. The number of nitrogens with zero attached hydrogens (tertiary/aromatic N) is 2. The smallest absolute Gasteiger partial charge is 0.252 e. The molecular formula is C19H17BrFN3O. The molecule has 25 heavy (non-hydrogen) atoms. The van der Waals surface area contributed by atoms with Crippen LogP contribution in [0.2, 0.25) is 0 Å². The first-order valence-electron chi connectivity index (χ1n) is 7.82. The van der Waals surface area contributed by atoms with Crippen LogP contribution in [0, 0.1) is 12.7 Å². The van der Waals surface area contributed by atoms with Gasteiger partial charge in [0.2, 0.25) is 0 Å². The predicted molar refractivity (Wildman–Crippen MR) is 97.8 cm³/mol. The first-order valence-corrected chi connectivity index (χ1v) is 8.61. The van der Waals surface area contributed by atoms with E-state index in [4.69, 9.17) is 0 Å². The molecule has 1 aromatic heterocycles. The summed E-state index contributed by atoms with van der Waals surface area (Å²) in [5.74, 6) is 0.327. The standard InChI is InChI=1S/C19H17BrFN3O/c1-13-22-7-8-24(13)12-15-4-2-3-14(9-15)11-23-19(25)17-6-5-16(21)10-18(17)20/h2-10H,11-12H2,1H3,(H,23,25). The fourth-order valence-electron chi connectivity index (χ4n) is 2.56.